The molecule has 1 heterocycles. The zero-order valence-electron chi connectivity index (χ0n) is 8.21. The highest BCUT2D eigenvalue weighted by molar-refractivity contribution is 5.73. The Morgan fingerprint density at radius 2 is 2.15 bits per heavy atom. The first-order valence-corrected chi connectivity index (χ1v) is 4.69. The molecule has 0 aromatic rings. The topological polar surface area (TPSA) is 47.6 Å². The van der Waals surface area contributed by atoms with Crippen LogP contribution in [0.5, 0.6) is 0 Å². The number of esters is 1. The summed E-state index contributed by atoms with van der Waals surface area (Å²) < 4.78 is 10.2. The van der Waals surface area contributed by atoms with Gasteiger partial charge in [-0.15, -0.1) is 0 Å². The minimum atomic E-state index is -0.105. The fraction of sp³-hybridized carbons (Fsp3) is 0.889. The molecule has 0 amide bonds. The van der Waals surface area contributed by atoms with Gasteiger partial charge in [0.05, 0.1) is 18.6 Å². The van der Waals surface area contributed by atoms with Gasteiger partial charge in [0.1, 0.15) is 6.61 Å². The van der Waals surface area contributed by atoms with Crippen LogP contribution >= 0.6 is 0 Å². The van der Waals surface area contributed by atoms with Gasteiger partial charge in [-0.25, -0.2) is 0 Å². The lowest BCUT2D eigenvalue weighted by Crippen LogP contribution is -2.47. The molecular formula is C9H17NO3. The summed E-state index contributed by atoms with van der Waals surface area (Å²) in [6.45, 7) is 6.28. The molecule has 1 aliphatic rings. The summed E-state index contributed by atoms with van der Waals surface area (Å²) >= 11 is 0. The van der Waals surface area contributed by atoms with Crippen LogP contribution < -0.4 is 5.32 Å². The lowest BCUT2D eigenvalue weighted by Gasteiger charge is -2.24. The molecule has 0 saturated carbocycles. The summed E-state index contributed by atoms with van der Waals surface area (Å²) in [5.74, 6) is -0.0369. The van der Waals surface area contributed by atoms with E-state index in [0.29, 0.717) is 13.2 Å². The van der Waals surface area contributed by atoms with E-state index in [1.807, 2.05) is 13.8 Å². The van der Waals surface area contributed by atoms with E-state index in [4.69, 9.17) is 9.47 Å². The molecule has 0 aromatic heterocycles. The van der Waals surface area contributed by atoms with Crippen LogP contribution in [0.2, 0.25) is 0 Å². The molecule has 1 N–H and O–H groups in total. The smallest absolute Gasteiger partial charge is 0.311 e. The van der Waals surface area contributed by atoms with Crippen molar-refractivity contribution in [2.45, 2.75) is 20.0 Å². The van der Waals surface area contributed by atoms with Crippen molar-refractivity contribution in [3.05, 3.63) is 0 Å². The molecule has 1 aliphatic heterocycles. The first-order chi connectivity index (χ1) is 6.20. The van der Waals surface area contributed by atoms with Crippen molar-refractivity contribution in [2.75, 3.05) is 26.3 Å². The number of carbonyl (C=O) groups is 1. The largest absolute Gasteiger partial charge is 0.463 e. The SMILES string of the molecule is CC(C)OCCOC(=O)C1CNC1. The minimum Gasteiger partial charge on any atom is -0.463 e. The molecule has 4 nitrogen and oxygen atoms in total. The van der Waals surface area contributed by atoms with E-state index in [-0.39, 0.29) is 18.0 Å². The molecule has 0 radical (unpaired) electrons. The van der Waals surface area contributed by atoms with Crippen LogP contribution in [0.1, 0.15) is 13.8 Å². The second kappa shape index (κ2) is 5.19. The molecule has 1 rings (SSSR count). The standard InChI is InChI=1S/C9H17NO3/c1-7(2)12-3-4-13-9(11)8-5-10-6-8/h7-8,10H,3-6H2,1-2H3. The molecule has 1 fully saturated rings. The molecular weight excluding hydrogens is 170 g/mol. The van der Waals surface area contributed by atoms with E-state index in [1.54, 1.807) is 0 Å². The molecule has 4 heteroatoms. The quantitative estimate of drug-likeness (QED) is 0.492. The molecule has 0 bridgehead atoms. The summed E-state index contributed by atoms with van der Waals surface area (Å²) in [6, 6.07) is 0. The van der Waals surface area contributed by atoms with Crippen LogP contribution in [0.15, 0.2) is 0 Å². The third kappa shape index (κ3) is 3.74. The third-order valence-electron chi connectivity index (χ3n) is 1.89. The van der Waals surface area contributed by atoms with Crippen LogP contribution in [-0.4, -0.2) is 38.4 Å². The van der Waals surface area contributed by atoms with E-state index in [0.717, 1.165) is 13.1 Å². The monoisotopic (exact) mass is 187 g/mol. The summed E-state index contributed by atoms with van der Waals surface area (Å²) in [4.78, 5) is 11.2. The number of rotatable bonds is 5. The predicted octanol–water partition coefficient (Wildman–Crippen LogP) is 0.174. The number of carbonyl (C=O) groups excluding carboxylic acids is 1. The second-order valence-electron chi connectivity index (χ2n) is 3.44. The van der Waals surface area contributed by atoms with Crippen LogP contribution in [0.4, 0.5) is 0 Å². The van der Waals surface area contributed by atoms with Crippen molar-refractivity contribution < 1.29 is 14.3 Å². The van der Waals surface area contributed by atoms with E-state index in [9.17, 15) is 4.79 Å². The summed E-state index contributed by atoms with van der Waals surface area (Å²) in [7, 11) is 0. The van der Waals surface area contributed by atoms with E-state index < -0.39 is 0 Å². The van der Waals surface area contributed by atoms with Gasteiger partial charge < -0.3 is 14.8 Å². The highest BCUT2D eigenvalue weighted by Gasteiger charge is 2.25. The van der Waals surface area contributed by atoms with Crippen molar-refractivity contribution in [2.24, 2.45) is 5.92 Å². The Hall–Kier alpha value is -0.610. The van der Waals surface area contributed by atoms with Crippen molar-refractivity contribution in [3.8, 4) is 0 Å². The van der Waals surface area contributed by atoms with Gasteiger partial charge in [0.2, 0.25) is 0 Å². The molecule has 0 spiro atoms. The predicted molar refractivity (Wildman–Crippen MR) is 48.4 cm³/mol. The van der Waals surface area contributed by atoms with Gasteiger partial charge in [0, 0.05) is 13.1 Å². The average molecular weight is 187 g/mol. The van der Waals surface area contributed by atoms with Crippen molar-refractivity contribution in [1.82, 2.24) is 5.32 Å². The Bertz CT molecular complexity index is 166. The summed E-state index contributed by atoms with van der Waals surface area (Å²) in [5, 5.41) is 3.02. The van der Waals surface area contributed by atoms with E-state index in [2.05, 4.69) is 5.32 Å². The third-order valence-corrected chi connectivity index (χ3v) is 1.89. The molecule has 0 aliphatic carbocycles. The maximum absolute atomic E-state index is 11.2. The highest BCUT2D eigenvalue weighted by Crippen LogP contribution is 2.04. The number of nitrogens with one attached hydrogen (secondary N) is 1. The van der Waals surface area contributed by atoms with Gasteiger partial charge in [-0.2, -0.15) is 0 Å². The number of hydrogen-bond acceptors (Lipinski definition) is 4. The first kappa shape index (κ1) is 10.5. The first-order valence-electron chi connectivity index (χ1n) is 4.69. The highest BCUT2D eigenvalue weighted by atomic mass is 16.6. The maximum Gasteiger partial charge on any atom is 0.311 e. The number of hydrogen-bond donors (Lipinski definition) is 1. The maximum atomic E-state index is 11.2. The molecule has 0 aromatic carbocycles. The summed E-state index contributed by atoms with van der Waals surface area (Å²) in [5.41, 5.74) is 0. The van der Waals surface area contributed by atoms with Crippen LogP contribution in [0.3, 0.4) is 0 Å². The zero-order valence-corrected chi connectivity index (χ0v) is 8.21. The Morgan fingerprint density at radius 3 is 2.62 bits per heavy atom. The average Bonchev–Trinajstić information content (AvgIpc) is 1.94. The second-order valence-corrected chi connectivity index (χ2v) is 3.44. The Labute approximate surface area is 78.6 Å². The molecule has 0 atom stereocenters. The van der Waals surface area contributed by atoms with Crippen molar-refractivity contribution >= 4 is 5.97 Å². The van der Waals surface area contributed by atoms with Crippen LogP contribution in [0.25, 0.3) is 0 Å². The van der Waals surface area contributed by atoms with Crippen LogP contribution in [0, 0.1) is 5.92 Å². The fourth-order valence-corrected chi connectivity index (χ4v) is 0.999. The van der Waals surface area contributed by atoms with Gasteiger partial charge in [-0.1, -0.05) is 0 Å². The van der Waals surface area contributed by atoms with E-state index in [1.165, 1.54) is 0 Å². The minimum absolute atomic E-state index is 0.0686. The van der Waals surface area contributed by atoms with Gasteiger partial charge in [-0.3, -0.25) is 4.79 Å². The lowest BCUT2D eigenvalue weighted by molar-refractivity contribution is -0.152. The van der Waals surface area contributed by atoms with Crippen LogP contribution in [-0.2, 0) is 14.3 Å². The van der Waals surface area contributed by atoms with Crippen molar-refractivity contribution in [3.63, 3.8) is 0 Å². The Kier molecular flexibility index (Phi) is 4.18. The molecule has 0 unspecified atom stereocenters. The Morgan fingerprint density at radius 1 is 1.46 bits per heavy atom. The van der Waals surface area contributed by atoms with Gasteiger partial charge in [-0.05, 0) is 13.8 Å². The van der Waals surface area contributed by atoms with Gasteiger partial charge in [0.25, 0.3) is 0 Å². The normalized spacial score (nSPS) is 17.2. The molecule has 1 saturated heterocycles. The lowest BCUT2D eigenvalue weighted by atomic mass is 10.0. The zero-order chi connectivity index (χ0) is 9.68. The van der Waals surface area contributed by atoms with Gasteiger partial charge >= 0.3 is 5.97 Å². The Balaban J connectivity index is 1.95. The summed E-state index contributed by atoms with van der Waals surface area (Å²) in [6.07, 6.45) is 0.198. The molecule has 76 valence electrons. The fourth-order valence-electron chi connectivity index (χ4n) is 0.999. The van der Waals surface area contributed by atoms with Gasteiger partial charge in [0.15, 0.2) is 0 Å². The molecule has 13 heavy (non-hydrogen) atoms. The van der Waals surface area contributed by atoms with Crippen molar-refractivity contribution in [1.29, 1.82) is 0 Å². The number of ether oxygens (including phenoxy) is 2. The van der Waals surface area contributed by atoms with E-state index >= 15 is 0 Å².